The van der Waals surface area contributed by atoms with E-state index in [4.69, 9.17) is 15.7 Å². The Morgan fingerprint density at radius 1 is 1.33 bits per heavy atom. The summed E-state index contributed by atoms with van der Waals surface area (Å²) >= 11 is 3.28. The van der Waals surface area contributed by atoms with Crippen LogP contribution in [-0.2, 0) is 6.42 Å². The molecule has 0 fully saturated rings. The summed E-state index contributed by atoms with van der Waals surface area (Å²) in [4.78, 5) is 4.09. The molecule has 90 valence electrons. The minimum Gasteiger partial charge on any atom is -0.437 e. The lowest BCUT2D eigenvalue weighted by Crippen LogP contribution is -1.95. The first-order chi connectivity index (χ1) is 8.69. The topological polar surface area (TPSA) is 71.9 Å². The Labute approximate surface area is 113 Å². The zero-order valence-electron chi connectivity index (χ0n) is 9.43. The van der Waals surface area contributed by atoms with Gasteiger partial charge in [0.1, 0.15) is 5.75 Å². The molecule has 0 aliphatic carbocycles. The largest absolute Gasteiger partial charge is 0.437 e. The van der Waals surface area contributed by atoms with Gasteiger partial charge in [-0.05, 0) is 39.7 Å². The Kier molecular flexibility index (Phi) is 3.80. The molecule has 1 aromatic heterocycles. The monoisotopic (exact) mass is 303 g/mol. The van der Waals surface area contributed by atoms with E-state index in [0.29, 0.717) is 23.7 Å². The molecule has 4 nitrogen and oxygen atoms in total. The Bertz CT molecular complexity index is 590. The summed E-state index contributed by atoms with van der Waals surface area (Å²) in [5.74, 6) is 1.00. The number of nitriles is 1. The van der Waals surface area contributed by atoms with Crippen LogP contribution in [0.2, 0.25) is 0 Å². The van der Waals surface area contributed by atoms with Crippen molar-refractivity contribution in [2.45, 2.75) is 6.42 Å². The van der Waals surface area contributed by atoms with Crippen molar-refractivity contribution in [2.24, 2.45) is 0 Å². The van der Waals surface area contributed by atoms with Gasteiger partial charge < -0.3 is 10.5 Å². The predicted octanol–water partition coefficient (Wildman–Crippen LogP) is 3.28. The first-order valence-electron chi connectivity index (χ1n) is 5.24. The van der Waals surface area contributed by atoms with Crippen molar-refractivity contribution in [3.05, 3.63) is 46.6 Å². The first kappa shape index (κ1) is 12.4. The van der Waals surface area contributed by atoms with Gasteiger partial charge in [0.15, 0.2) is 0 Å². The second kappa shape index (κ2) is 5.52. The van der Waals surface area contributed by atoms with Crippen LogP contribution in [0.4, 0.5) is 5.69 Å². The first-order valence-corrected chi connectivity index (χ1v) is 6.03. The molecule has 0 saturated carbocycles. The molecule has 0 aliphatic heterocycles. The van der Waals surface area contributed by atoms with E-state index in [0.717, 1.165) is 10.0 Å². The van der Waals surface area contributed by atoms with Gasteiger partial charge in [0.2, 0.25) is 5.88 Å². The van der Waals surface area contributed by atoms with Gasteiger partial charge in [0.25, 0.3) is 0 Å². The van der Waals surface area contributed by atoms with E-state index in [9.17, 15) is 0 Å². The molecule has 0 atom stereocenters. The molecule has 0 bridgehead atoms. The number of nitrogens with zero attached hydrogens (tertiary/aromatic N) is 2. The summed E-state index contributed by atoms with van der Waals surface area (Å²) in [6.45, 7) is 0. The minimum atomic E-state index is 0.367. The van der Waals surface area contributed by atoms with Gasteiger partial charge in [-0.1, -0.05) is 12.1 Å². The van der Waals surface area contributed by atoms with Crippen LogP contribution in [-0.4, -0.2) is 4.98 Å². The smallest absolute Gasteiger partial charge is 0.242 e. The van der Waals surface area contributed by atoms with E-state index >= 15 is 0 Å². The number of benzene rings is 1. The number of anilines is 1. The van der Waals surface area contributed by atoms with E-state index in [1.807, 2.05) is 12.1 Å². The quantitative estimate of drug-likeness (QED) is 0.944. The summed E-state index contributed by atoms with van der Waals surface area (Å²) in [5, 5.41) is 8.57. The van der Waals surface area contributed by atoms with E-state index in [1.165, 1.54) is 0 Å². The molecule has 0 aliphatic rings. The normalized spacial score (nSPS) is 9.78. The number of hydrogen-bond acceptors (Lipinski definition) is 4. The number of hydrogen-bond donors (Lipinski definition) is 1. The average Bonchev–Trinajstić information content (AvgIpc) is 2.35. The maximum absolute atomic E-state index is 8.57. The van der Waals surface area contributed by atoms with E-state index in [1.54, 1.807) is 24.4 Å². The Hall–Kier alpha value is -2.06. The van der Waals surface area contributed by atoms with Crippen molar-refractivity contribution in [2.75, 3.05) is 5.73 Å². The molecule has 1 aromatic carbocycles. The van der Waals surface area contributed by atoms with Crippen molar-refractivity contribution in [3.63, 3.8) is 0 Å². The Morgan fingerprint density at radius 3 is 2.67 bits per heavy atom. The highest BCUT2D eigenvalue weighted by Gasteiger charge is 2.04. The number of pyridine rings is 1. The summed E-state index contributed by atoms with van der Waals surface area (Å²) in [6, 6.07) is 11.1. The summed E-state index contributed by atoms with van der Waals surface area (Å²) in [6.07, 6.45) is 2.01. The van der Waals surface area contributed by atoms with Crippen LogP contribution in [0.1, 0.15) is 5.56 Å². The van der Waals surface area contributed by atoms with Crippen molar-refractivity contribution in [3.8, 4) is 17.7 Å². The molecule has 0 radical (unpaired) electrons. The molecule has 5 heteroatoms. The van der Waals surface area contributed by atoms with Crippen molar-refractivity contribution >= 4 is 21.6 Å². The average molecular weight is 304 g/mol. The van der Waals surface area contributed by atoms with Crippen LogP contribution >= 0.6 is 15.9 Å². The van der Waals surface area contributed by atoms with Gasteiger partial charge >= 0.3 is 0 Å². The SMILES string of the molecule is N#CCc1ccc(Oc2ncc(Br)cc2N)cc1. The lowest BCUT2D eigenvalue weighted by Gasteiger charge is -2.07. The molecule has 2 N–H and O–H groups in total. The lowest BCUT2D eigenvalue weighted by molar-refractivity contribution is 0.465. The van der Waals surface area contributed by atoms with Crippen LogP contribution in [0.15, 0.2) is 41.0 Å². The second-order valence-electron chi connectivity index (χ2n) is 3.63. The fourth-order valence-corrected chi connectivity index (χ4v) is 1.75. The van der Waals surface area contributed by atoms with E-state index in [-0.39, 0.29) is 0 Å². The van der Waals surface area contributed by atoms with E-state index < -0.39 is 0 Å². The fourth-order valence-electron chi connectivity index (χ4n) is 1.41. The zero-order valence-corrected chi connectivity index (χ0v) is 11.0. The number of aromatic nitrogens is 1. The molecule has 0 amide bonds. The number of rotatable bonds is 3. The number of nitrogens with two attached hydrogens (primary N) is 1. The molecule has 0 unspecified atom stereocenters. The van der Waals surface area contributed by atoms with Crippen molar-refractivity contribution < 1.29 is 4.74 Å². The summed E-state index contributed by atoms with van der Waals surface area (Å²) in [5.41, 5.74) is 7.20. The van der Waals surface area contributed by atoms with Crippen molar-refractivity contribution in [1.29, 1.82) is 5.26 Å². The van der Waals surface area contributed by atoms with Crippen LogP contribution in [0.3, 0.4) is 0 Å². The van der Waals surface area contributed by atoms with Crippen LogP contribution in [0.5, 0.6) is 11.6 Å². The molecular formula is C13H10BrN3O. The third-order valence-corrected chi connectivity index (χ3v) is 2.70. The van der Waals surface area contributed by atoms with E-state index in [2.05, 4.69) is 27.0 Å². The number of halogens is 1. The van der Waals surface area contributed by atoms with Gasteiger partial charge in [0.05, 0.1) is 18.2 Å². The third-order valence-electron chi connectivity index (χ3n) is 2.27. The summed E-state index contributed by atoms with van der Waals surface area (Å²) < 4.78 is 6.36. The minimum absolute atomic E-state index is 0.367. The van der Waals surface area contributed by atoms with Gasteiger partial charge in [-0.15, -0.1) is 0 Å². The predicted molar refractivity (Wildman–Crippen MR) is 72.2 cm³/mol. The second-order valence-corrected chi connectivity index (χ2v) is 4.54. The number of ether oxygens (including phenoxy) is 1. The lowest BCUT2D eigenvalue weighted by atomic mass is 10.2. The van der Waals surface area contributed by atoms with Crippen LogP contribution < -0.4 is 10.5 Å². The molecule has 2 aromatic rings. The Morgan fingerprint density at radius 2 is 2.06 bits per heavy atom. The maximum Gasteiger partial charge on any atom is 0.242 e. The highest BCUT2D eigenvalue weighted by molar-refractivity contribution is 9.10. The van der Waals surface area contributed by atoms with Gasteiger partial charge in [0, 0.05) is 10.7 Å². The maximum atomic E-state index is 8.57. The fraction of sp³-hybridized carbons (Fsp3) is 0.0769. The highest BCUT2D eigenvalue weighted by Crippen LogP contribution is 2.27. The molecule has 18 heavy (non-hydrogen) atoms. The van der Waals surface area contributed by atoms with Crippen molar-refractivity contribution in [1.82, 2.24) is 4.98 Å². The molecule has 1 heterocycles. The van der Waals surface area contributed by atoms with Crippen LogP contribution in [0, 0.1) is 11.3 Å². The number of nitrogen functional groups attached to an aromatic ring is 1. The zero-order chi connectivity index (χ0) is 13.0. The summed E-state index contributed by atoms with van der Waals surface area (Å²) in [7, 11) is 0. The van der Waals surface area contributed by atoms with Gasteiger partial charge in [-0.25, -0.2) is 4.98 Å². The molecular weight excluding hydrogens is 294 g/mol. The molecule has 0 spiro atoms. The standard InChI is InChI=1S/C13H10BrN3O/c14-10-7-12(16)13(17-8-10)18-11-3-1-9(2-4-11)5-6-15/h1-4,7-8H,5,16H2. The highest BCUT2D eigenvalue weighted by atomic mass is 79.9. The van der Waals surface area contributed by atoms with Crippen LogP contribution in [0.25, 0.3) is 0 Å². The molecule has 0 saturated heterocycles. The van der Waals surface area contributed by atoms with Gasteiger partial charge in [-0.3, -0.25) is 0 Å². The Balaban J connectivity index is 2.16. The molecule has 2 rings (SSSR count). The third kappa shape index (κ3) is 2.99. The van der Waals surface area contributed by atoms with Gasteiger partial charge in [-0.2, -0.15) is 5.26 Å².